The van der Waals surface area contributed by atoms with E-state index in [-0.39, 0.29) is 24.4 Å². The number of benzene rings is 2. The van der Waals surface area contributed by atoms with Crippen molar-refractivity contribution in [3.8, 4) is 0 Å². The van der Waals surface area contributed by atoms with Gasteiger partial charge in [-0.25, -0.2) is 8.78 Å². The Morgan fingerprint density at radius 3 is 2.21 bits per heavy atom. The van der Waals surface area contributed by atoms with Crippen molar-refractivity contribution in [2.75, 3.05) is 25.0 Å². The van der Waals surface area contributed by atoms with Crippen LogP contribution in [0.15, 0.2) is 42.5 Å². The number of amides is 2. The summed E-state index contributed by atoms with van der Waals surface area (Å²) in [5, 5.41) is 5.70. The summed E-state index contributed by atoms with van der Waals surface area (Å²) in [4.78, 5) is 26.1. The van der Waals surface area contributed by atoms with Gasteiger partial charge in [0.25, 0.3) is 5.91 Å². The maximum absolute atomic E-state index is 13.3. The Morgan fingerprint density at radius 1 is 1.00 bits per heavy atom. The highest BCUT2D eigenvalue weighted by atomic mass is 19.2. The lowest BCUT2D eigenvalue weighted by Gasteiger charge is -2.18. The fraction of sp³-hybridized carbons (Fsp3) is 0.333. The van der Waals surface area contributed by atoms with Gasteiger partial charge >= 0.3 is 0 Å². The van der Waals surface area contributed by atoms with Gasteiger partial charge in [0.1, 0.15) is 0 Å². The van der Waals surface area contributed by atoms with Crippen molar-refractivity contribution in [1.82, 2.24) is 10.2 Å². The van der Waals surface area contributed by atoms with Crippen molar-refractivity contribution in [3.05, 3.63) is 65.2 Å². The lowest BCUT2D eigenvalue weighted by molar-refractivity contribution is -0.115. The molecule has 0 saturated heterocycles. The fourth-order valence-electron chi connectivity index (χ4n) is 2.74. The van der Waals surface area contributed by atoms with Crippen molar-refractivity contribution in [3.63, 3.8) is 0 Å². The molecule has 0 aliphatic carbocycles. The SMILES string of the molecule is CCN(CC)C(=O)c1ccc(NC(=O)CN[C@@H](C)c2ccc(F)c(F)c2)cc1. The van der Waals surface area contributed by atoms with Crippen molar-refractivity contribution in [2.24, 2.45) is 0 Å². The van der Waals surface area contributed by atoms with Gasteiger partial charge in [-0.15, -0.1) is 0 Å². The van der Waals surface area contributed by atoms with E-state index < -0.39 is 11.6 Å². The molecule has 0 aliphatic rings. The number of carbonyl (C=O) groups is 2. The van der Waals surface area contributed by atoms with Crippen LogP contribution in [0.5, 0.6) is 0 Å². The van der Waals surface area contributed by atoms with Crippen molar-refractivity contribution >= 4 is 17.5 Å². The van der Waals surface area contributed by atoms with Gasteiger partial charge in [0.05, 0.1) is 6.54 Å². The molecule has 0 saturated carbocycles. The molecule has 2 N–H and O–H groups in total. The number of rotatable bonds is 8. The first-order chi connectivity index (χ1) is 13.3. The normalized spacial score (nSPS) is 11.8. The third-order valence-corrected chi connectivity index (χ3v) is 4.48. The molecular weight excluding hydrogens is 364 g/mol. The number of nitrogens with zero attached hydrogens (tertiary/aromatic N) is 1. The predicted molar refractivity (Wildman–Crippen MR) is 105 cm³/mol. The molecule has 0 radical (unpaired) electrons. The van der Waals surface area contributed by atoms with E-state index in [0.29, 0.717) is 29.9 Å². The maximum atomic E-state index is 13.3. The Morgan fingerprint density at radius 2 is 1.64 bits per heavy atom. The van der Waals surface area contributed by atoms with E-state index in [2.05, 4.69) is 10.6 Å². The van der Waals surface area contributed by atoms with Crippen LogP contribution in [0.25, 0.3) is 0 Å². The second-order valence-electron chi connectivity index (χ2n) is 6.38. The maximum Gasteiger partial charge on any atom is 0.253 e. The van der Waals surface area contributed by atoms with Crippen LogP contribution in [-0.4, -0.2) is 36.3 Å². The van der Waals surface area contributed by atoms with E-state index in [4.69, 9.17) is 0 Å². The molecule has 0 unspecified atom stereocenters. The number of halogens is 2. The van der Waals surface area contributed by atoms with E-state index in [1.54, 1.807) is 36.1 Å². The van der Waals surface area contributed by atoms with E-state index in [1.807, 2.05) is 13.8 Å². The number of hydrogen-bond donors (Lipinski definition) is 2. The van der Waals surface area contributed by atoms with Crippen LogP contribution in [0, 0.1) is 11.6 Å². The van der Waals surface area contributed by atoms with Crippen molar-refractivity contribution in [1.29, 1.82) is 0 Å². The molecule has 0 heterocycles. The number of carbonyl (C=O) groups excluding carboxylic acids is 2. The van der Waals surface area contributed by atoms with Crippen LogP contribution >= 0.6 is 0 Å². The molecule has 0 spiro atoms. The highest BCUT2D eigenvalue weighted by molar-refractivity contribution is 5.96. The third-order valence-electron chi connectivity index (χ3n) is 4.48. The summed E-state index contributed by atoms with van der Waals surface area (Å²) < 4.78 is 26.3. The Balaban J connectivity index is 1.88. The topological polar surface area (TPSA) is 61.4 Å². The zero-order valence-corrected chi connectivity index (χ0v) is 16.3. The van der Waals surface area contributed by atoms with Crippen LogP contribution in [0.4, 0.5) is 14.5 Å². The first kappa shape index (κ1) is 21.5. The van der Waals surface area contributed by atoms with Gasteiger partial charge in [-0.3, -0.25) is 9.59 Å². The first-order valence-corrected chi connectivity index (χ1v) is 9.23. The average Bonchev–Trinajstić information content (AvgIpc) is 2.69. The smallest absolute Gasteiger partial charge is 0.253 e. The molecule has 150 valence electrons. The minimum Gasteiger partial charge on any atom is -0.339 e. The average molecular weight is 389 g/mol. The van der Waals surface area contributed by atoms with Crippen LogP contribution in [-0.2, 0) is 4.79 Å². The van der Waals surface area contributed by atoms with E-state index in [9.17, 15) is 18.4 Å². The Bertz CT molecular complexity index is 821. The van der Waals surface area contributed by atoms with Crippen molar-refractivity contribution in [2.45, 2.75) is 26.8 Å². The molecule has 0 fully saturated rings. The third kappa shape index (κ3) is 5.60. The summed E-state index contributed by atoms with van der Waals surface area (Å²) in [7, 11) is 0. The van der Waals surface area contributed by atoms with Gasteiger partial charge in [-0.1, -0.05) is 6.07 Å². The summed E-state index contributed by atoms with van der Waals surface area (Å²) in [6, 6.07) is 10.0. The quantitative estimate of drug-likeness (QED) is 0.723. The molecule has 2 aromatic rings. The van der Waals surface area contributed by atoms with E-state index >= 15 is 0 Å². The molecule has 0 aliphatic heterocycles. The lowest BCUT2D eigenvalue weighted by Crippen LogP contribution is -2.31. The highest BCUT2D eigenvalue weighted by Crippen LogP contribution is 2.16. The Hall–Kier alpha value is -2.80. The second-order valence-corrected chi connectivity index (χ2v) is 6.38. The molecule has 2 aromatic carbocycles. The summed E-state index contributed by atoms with van der Waals surface area (Å²) >= 11 is 0. The zero-order valence-electron chi connectivity index (χ0n) is 16.3. The number of hydrogen-bond acceptors (Lipinski definition) is 3. The largest absolute Gasteiger partial charge is 0.339 e. The van der Waals surface area contributed by atoms with Crippen LogP contribution < -0.4 is 10.6 Å². The molecule has 5 nitrogen and oxygen atoms in total. The summed E-state index contributed by atoms with van der Waals surface area (Å²) in [5.74, 6) is -2.16. The first-order valence-electron chi connectivity index (χ1n) is 9.23. The van der Waals surface area contributed by atoms with Gasteiger partial charge in [0.15, 0.2) is 11.6 Å². The highest BCUT2D eigenvalue weighted by Gasteiger charge is 2.13. The van der Waals surface area contributed by atoms with Crippen molar-refractivity contribution < 1.29 is 18.4 Å². The fourth-order valence-corrected chi connectivity index (χ4v) is 2.74. The standard InChI is InChI=1S/C21H25F2N3O2/c1-4-26(5-2)21(28)15-6-9-17(10-7-15)25-20(27)13-24-14(3)16-8-11-18(22)19(23)12-16/h6-12,14,24H,4-5,13H2,1-3H3,(H,25,27)/t14-/m0/s1. The summed E-state index contributed by atoms with van der Waals surface area (Å²) in [6.07, 6.45) is 0. The van der Waals surface area contributed by atoms with Gasteiger partial charge in [-0.05, 0) is 62.7 Å². The van der Waals surface area contributed by atoms with Crippen LogP contribution in [0.3, 0.4) is 0 Å². The molecule has 7 heteroatoms. The van der Waals surface area contributed by atoms with E-state index in [1.165, 1.54) is 6.07 Å². The Labute approximate surface area is 163 Å². The monoisotopic (exact) mass is 389 g/mol. The van der Waals surface area contributed by atoms with Gasteiger partial charge in [-0.2, -0.15) is 0 Å². The molecule has 0 bridgehead atoms. The molecule has 2 rings (SSSR count). The Kier molecular flexibility index (Phi) is 7.63. The number of anilines is 1. The van der Waals surface area contributed by atoms with Gasteiger partial charge in [0, 0.05) is 30.4 Å². The molecule has 1 atom stereocenters. The lowest BCUT2D eigenvalue weighted by atomic mass is 10.1. The number of nitrogens with one attached hydrogen (secondary N) is 2. The molecular formula is C21H25F2N3O2. The van der Waals surface area contributed by atoms with Gasteiger partial charge < -0.3 is 15.5 Å². The zero-order chi connectivity index (χ0) is 20.7. The molecule has 2 amide bonds. The van der Waals surface area contributed by atoms with Crippen LogP contribution in [0.2, 0.25) is 0 Å². The van der Waals surface area contributed by atoms with E-state index in [0.717, 1.165) is 12.1 Å². The van der Waals surface area contributed by atoms with Crippen LogP contribution in [0.1, 0.15) is 42.7 Å². The second kappa shape index (κ2) is 9.94. The predicted octanol–water partition coefficient (Wildman–Crippen LogP) is 3.74. The summed E-state index contributed by atoms with van der Waals surface area (Å²) in [5.41, 5.74) is 1.68. The van der Waals surface area contributed by atoms with Gasteiger partial charge in [0.2, 0.25) is 5.91 Å². The molecule has 28 heavy (non-hydrogen) atoms. The minimum atomic E-state index is -0.921. The minimum absolute atomic E-state index is 0.000289. The summed E-state index contributed by atoms with van der Waals surface area (Å²) in [6.45, 7) is 6.87. The molecule has 0 aromatic heterocycles.